The Morgan fingerprint density at radius 3 is 2.63 bits per heavy atom. The van der Waals surface area contributed by atoms with Gasteiger partial charge in [0.1, 0.15) is 0 Å². The van der Waals surface area contributed by atoms with E-state index in [1.165, 1.54) is 12.8 Å². The number of carbonyl (C=O) groups excluding carboxylic acids is 1. The maximum absolute atomic E-state index is 12.6. The van der Waals surface area contributed by atoms with Crippen molar-refractivity contribution in [3.8, 4) is 0 Å². The maximum Gasteiger partial charge on any atom is 0.242 e. The first kappa shape index (κ1) is 16.7. The average molecular weight is 291 g/mol. The molecule has 2 fully saturated rings. The molecule has 112 valence electrons. The second-order valence-corrected chi connectivity index (χ2v) is 5.77. The number of rotatable bonds is 2. The quantitative estimate of drug-likeness (QED) is 0.846. The molecule has 2 N–H and O–H groups in total. The van der Waals surface area contributed by atoms with Crippen molar-refractivity contribution in [3.05, 3.63) is 0 Å². The van der Waals surface area contributed by atoms with E-state index in [-0.39, 0.29) is 18.3 Å². The molecule has 0 aromatic carbocycles. The zero-order chi connectivity index (χ0) is 13.0. The van der Waals surface area contributed by atoms with Gasteiger partial charge in [-0.1, -0.05) is 13.3 Å². The summed E-state index contributed by atoms with van der Waals surface area (Å²) >= 11 is 0. The topological polar surface area (TPSA) is 55.6 Å². The molecule has 2 aliphatic heterocycles. The molecular weight excluding hydrogens is 264 g/mol. The highest BCUT2D eigenvalue weighted by atomic mass is 35.5. The van der Waals surface area contributed by atoms with Gasteiger partial charge in [-0.3, -0.25) is 4.79 Å². The Labute approximate surface area is 122 Å². The lowest BCUT2D eigenvalue weighted by Gasteiger charge is -2.36. The number of amides is 1. The van der Waals surface area contributed by atoms with Crippen LogP contribution in [0.2, 0.25) is 0 Å². The van der Waals surface area contributed by atoms with Gasteiger partial charge in [0.05, 0.1) is 5.54 Å². The Morgan fingerprint density at radius 2 is 2.00 bits per heavy atom. The third-order valence-corrected chi connectivity index (χ3v) is 4.52. The summed E-state index contributed by atoms with van der Waals surface area (Å²) in [6, 6.07) is 0. The Morgan fingerprint density at radius 1 is 1.32 bits per heavy atom. The lowest BCUT2D eigenvalue weighted by molar-refractivity contribution is -0.140. The molecule has 1 amide bonds. The number of hydrogen-bond acceptors (Lipinski definition) is 3. The molecule has 4 nitrogen and oxygen atoms in total. The third-order valence-electron chi connectivity index (χ3n) is 4.52. The van der Waals surface area contributed by atoms with Crippen LogP contribution in [0.3, 0.4) is 0 Å². The molecule has 2 saturated heterocycles. The van der Waals surface area contributed by atoms with Gasteiger partial charge < -0.3 is 15.4 Å². The van der Waals surface area contributed by atoms with E-state index in [0.717, 1.165) is 31.8 Å². The van der Waals surface area contributed by atoms with Gasteiger partial charge in [0.25, 0.3) is 0 Å². The lowest BCUT2D eigenvalue weighted by Crippen LogP contribution is -2.58. The van der Waals surface area contributed by atoms with Gasteiger partial charge in [-0.15, -0.1) is 12.4 Å². The zero-order valence-corrected chi connectivity index (χ0v) is 12.7. The number of ether oxygens (including phenoxy) is 1. The molecule has 1 atom stereocenters. The van der Waals surface area contributed by atoms with Crippen molar-refractivity contribution < 1.29 is 9.53 Å². The fourth-order valence-corrected chi connectivity index (χ4v) is 3.04. The molecule has 0 bridgehead atoms. The summed E-state index contributed by atoms with van der Waals surface area (Å²) in [7, 11) is 0. The van der Waals surface area contributed by atoms with Crippen LogP contribution in [0.4, 0.5) is 0 Å². The van der Waals surface area contributed by atoms with Crippen molar-refractivity contribution >= 4 is 18.3 Å². The maximum atomic E-state index is 12.6. The van der Waals surface area contributed by atoms with Crippen LogP contribution in [-0.2, 0) is 9.53 Å². The molecule has 19 heavy (non-hydrogen) atoms. The monoisotopic (exact) mass is 290 g/mol. The van der Waals surface area contributed by atoms with Crippen LogP contribution in [0.15, 0.2) is 0 Å². The highest BCUT2D eigenvalue weighted by Gasteiger charge is 2.39. The van der Waals surface area contributed by atoms with Crippen LogP contribution < -0.4 is 5.73 Å². The van der Waals surface area contributed by atoms with Gasteiger partial charge in [-0.2, -0.15) is 0 Å². The summed E-state index contributed by atoms with van der Waals surface area (Å²) < 4.78 is 5.31. The van der Waals surface area contributed by atoms with Crippen LogP contribution in [-0.4, -0.2) is 42.6 Å². The first-order valence-electron chi connectivity index (χ1n) is 7.32. The van der Waals surface area contributed by atoms with E-state index in [9.17, 15) is 4.79 Å². The zero-order valence-electron chi connectivity index (χ0n) is 11.9. The van der Waals surface area contributed by atoms with Gasteiger partial charge >= 0.3 is 0 Å². The summed E-state index contributed by atoms with van der Waals surface area (Å²) in [6.45, 7) is 5.25. The number of hydrogen-bond donors (Lipinski definition) is 1. The van der Waals surface area contributed by atoms with E-state index in [1.807, 2.05) is 4.90 Å². The molecule has 2 rings (SSSR count). The van der Waals surface area contributed by atoms with Crippen LogP contribution >= 0.6 is 12.4 Å². The fraction of sp³-hybridized carbons (Fsp3) is 0.929. The highest BCUT2D eigenvalue weighted by molar-refractivity contribution is 5.86. The van der Waals surface area contributed by atoms with Crippen molar-refractivity contribution in [1.29, 1.82) is 0 Å². The van der Waals surface area contributed by atoms with Crippen LogP contribution in [0.25, 0.3) is 0 Å². The van der Waals surface area contributed by atoms with Crippen molar-refractivity contribution in [2.75, 3.05) is 26.3 Å². The Hall–Kier alpha value is -0.320. The lowest BCUT2D eigenvalue weighted by atomic mass is 9.89. The molecule has 2 heterocycles. The van der Waals surface area contributed by atoms with E-state index in [0.29, 0.717) is 26.1 Å². The minimum Gasteiger partial charge on any atom is -0.381 e. The predicted molar refractivity (Wildman–Crippen MR) is 78.4 cm³/mol. The first-order chi connectivity index (χ1) is 8.65. The van der Waals surface area contributed by atoms with E-state index >= 15 is 0 Å². The van der Waals surface area contributed by atoms with E-state index in [4.69, 9.17) is 10.5 Å². The summed E-state index contributed by atoms with van der Waals surface area (Å²) in [5, 5.41) is 0. The second kappa shape index (κ2) is 7.46. The van der Waals surface area contributed by atoms with Gasteiger partial charge in [-0.25, -0.2) is 0 Å². The summed E-state index contributed by atoms with van der Waals surface area (Å²) in [6.07, 6.45) is 6.06. The largest absolute Gasteiger partial charge is 0.381 e. The molecular formula is C14H27ClN2O2. The SMILES string of the molecule is CCC1CCCN(C(=O)C2(N)CCOCC2)CC1.Cl. The highest BCUT2D eigenvalue weighted by Crippen LogP contribution is 2.25. The molecule has 0 saturated carbocycles. The number of nitrogens with zero attached hydrogens (tertiary/aromatic N) is 1. The minimum atomic E-state index is -0.662. The van der Waals surface area contributed by atoms with Crippen molar-refractivity contribution in [3.63, 3.8) is 0 Å². The van der Waals surface area contributed by atoms with Gasteiger partial charge in [-0.05, 0) is 38.0 Å². The Kier molecular flexibility index (Phi) is 6.57. The molecule has 0 aromatic heterocycles. The van der Waals surface area contributed by atoms with Crippen LogP contribution in [0.1, 0.15) is 45.4 Å². The summed E-state index contributed by atoms with van der Waals surface area (Å²) in [4.78, 5) is 14.6. The number of likely N-dealkylation sites (tertiary alicyclic amines) is 1. The fourth-order valence-electron chi connectivity index (χ4n) is 3.04. The average Bonchev–Trinajstić information content (AvgIpc) is 2.64. The minimum absolute atomic E-state index is 0. The van der Waals surface area contributed by atoms with Crippen molar-refractivity contribution in [2.45, 2.75) is 51.0 Å². The van der Waals surface area contributed by atoms with Gasteiger partial charge in [0, 0.05) is 26.3 Å². The molecule has 0 aliphatic carbocycles. The number of nitrogens with two attached hydrogens (primary N) is 1. The van der Waals surface area contributed by atoms with Gasteiger partial charge in [0.15, 0.2) is 0 Å². The molecule has 5 heteroatoms. The summed E-state index contributed by atoms with van der Waals surface area (Å²) in [5.74, 6) is 0.939. The van der Waals surface area contributed by atoms with E-state index in [2.05, 4.69) is 6.92 Å². The number of halogens is 1. The van der Waals surface area contributed by atoms with Crippen LogP contribution in [0.5, 0.6) is 0 Å². The molecule has 1 unspecified atom stereocenters. The Bertz CT molecular complexity index is 293. The standard InChI is InChI=1S/C14H26N2O2.ClH/c1-2-12-4-3-8-16(9-5-12)13(17)14(15)6-10-18-11-7-14;/h12H,2-11,15H2,1H3;1H. The van der Waals surface area contributed by atoms with Gasteiger partial charge in [0.2, 0.25) is 5.91 Å². The van der Waals surface area contributed by atoms with Crippen molar-refractivity contribution in [2.24, 2.45) is 11.7 Å². The molecule has 0 aromatic rings. The predicted octanol–water partition coefficient (Wildman–Crippen LogP) is 1.95. The smallest absolute Gasteiger partial charge is 0.242 e. The third kappa shape index (κ3) is 4.07. The molecule has 0 radical (unpaired) electrons. The first-order valence-corrected chi connectivity index (χ1v) is 7.32. The van der Waals surface area contributed by atoms with E-state index in [1.54, 1.807) is 0 Å². The molecule has 2 aliphatic rings. The Balaban J connectivity index is 0.00000180. The summed E-state index contributed by atoms with van der Waals surface area (Å²) in [5.41, 5.74) is 5.62. The number of carbonyl (C=O) groups is 1. The normalized spacial score (nSPS) is 27.3. The molecule has 0 spiro atoms. The van der Waals surface area contributed by atoms with Crippen molar-refractivity contribution in [1.82, 2.24) is 4.90 Å². The van der Waals surface area contributed by atoms with E-state index < -0.39 is 5.54 Å². The van der Waals surface area contributed by atoms with Crippen LogP contribution in [0, 0.1) is 5.92 Å². The second-order valence-electron chi connectivity index (χ2n) is 5.77.